The molecule has 0 aliphatic rings. The van der Waals surface area contributed by atoms with Gasteiger partial charge in [-0.1, -0.05) is 18.5 Å². The van der Waals surface area contributed by atoms with Gasteiger partial charge in [0.25, 0.3) is 0 Å². The van der Waals surface area contributed by atoms with Crippen LogP contribution in [0, 0.1) is 10.1 Å². The summed E-state index contributed by atoms with van der Waals surface area (Å²) in [4.78, 5) is 9.31. The van der Waals surface area contributed by atoms with Crippen LogP contribution in [-0.4, -0.2) is 34.6 Å². The normalized spacial score (nSPS) is 12.7. The highest BCUT2D eigenvalue weighted by Crippen LogP contribution is 2.39. The number of rotatable bonds is 5. The van der Waals surface area contributed by atoms with E-state index >= 15 is 0 Å². The molecule has 0 aliphatic carbocycles. The van der Waals surface area contributed by atoms with Crippen molar-refractivity contribution in [3.63, 3.8) is 0 Å². The molecule has 0 aromatic carbocycles. The highest BCUT2D eigenvalue weighted by molar-refractivity contribution is 7.91. The summed E-state index contributed by atoms with van der Waals surface area (Å²) in [5, 5.41) is 12.7. The van der Waals surface area contributed by atoms with Crippen molar-refractivity contribution in [3.8, 4) is 0 Å². The average Bonchev–Trinajstić information content (AvgIpc) is 2.64. The summed E-state index contributed by atoms with van der Waals surface area (Å²) in [5.74, 6) is -0.723. The van der Waals surface area contributed by atoms with Gasteiger partial charge in [0.1, 0.15) is 0 Å². The Morgan fingerprint density at radius 1 is 1.45 bits per heavy atom. The SMILES string of the molecule is CCS(=O)(=O)CCn1nc(C(F)(F)F)c([N+](=O)[O-])c1Cl. The monoisotopic (exact) mass is 335 g/mol. The van der Waals surface area contributed by atoms with E-state index < -0.39 is 49.8 Å². The number of nitro groups is 1. The third kappa shape index (κ3) is 3.60. The number of sulfone groups is 1. The highest BCUT2D eigenvalue weighted by atomic mass is 35.5. The smallest absolute Gasteiger partial charge is 0.258 e. The molecule has 0 spiro atoms. The van der Waals surface area contributed by atoms with Crippen molar-refractivity contribution in [2.24, 2.45) is 0 Å². The van der Waals surface area contributed by atoms with Gasteiger partial charge in [-0.25, -0.2) is 13.1 Å². The number of aryl methyl sites for hydroxylation is 1. The van der Waals surface area contributed by atoms with Gasteiger partial charge in [0.2, 0.25) is 10.8 Å². The Morgan fingerprint density at radius 3 is 2.35 bits per heavy atom. The summed E-state index contributed by atoms with van der Waals surface area (Å²) in [6.45, 7) is 0.871. The van der Waals surface area contributed by atoms with Crippen LogP contribution in [0.1, 0.15) is 12.6 Å². The van der Waals surface area contributed by atoms with Gasteiger partial charge >= 0.3 is 11.9 Å². The van der Waals surface area contributed by atoms with Crippen molar-refractivity contribution in [1.82, 2.24) is 9.78 Å². The molecule has 0 saturated heterocycles. The minimum Gasteiger partial charge on any atom is -0.258 e. The summed E-state index contributed by atoms with van der Waals surface area (Å²) < 4.78 is 60.8. The molecule has 114 valence electrons. The molecule has 1 aromatic heterocycles. The lowest BCUT2D eigenvalue weighted by Gasteiger charge is -2.02. The molecule has 1 heterocycles. The van der Waals surface area contributed by atoms with Crippen LogP contribution in [0.15, 0.2) is 0 Å². The topological polar surface area (TPSA) is 95.1 Å². The first kappa shape index (κ1) is 16.7. The molecule has 0 bridgehead atoms. The maximum atomic E-state index is 12.6. The number of aromatic nitrogens is 2. The highest BCUT2D eigenvalue weighted by Gasteiger charge is 2.45. The van der Waals surface area contributed by atoms with Crippen LogP contribution in [0.5, 0.6) is 0 Å². The molecule has 1 aromatic rings. The molecule has 0 aliphatic heterocycles. The zero-order chi connectivity index (χ0) is 15.7. The Labute approximate surface area is 116 Å². The molecule has 0 N–H and O–H groups in total. The molecule has 0 amide bonds. The molecule has 12 heteroatoms. The van der Waals surface area contributed by atoms with Crippen molar-refractivity contribution in [2.75, 3.05) is 11.5 Å². The van der Waals surface area contributed by atoms with E-state index in [4.69, 9.17) is 11.6 Å². The maximum Gasteiger partial charge on any atom is 0.442 e. The maximum absolute atomic E-state index is 12.6. The van der Waals surface area contributed by atoms with Gasteiger partial charge < -0.3 is 0 Å². The van der Waals surface area contributed by atoms with Gasteiger partial charge in [-0.05, 0) is 0 Å². The Balaban J connectivity index is 3.21. The molecule has 0 unspecified atom stereocenters. The predicted octanol–water partition coefficient (Wildman–Crippen LogP) is 1.90. The summed E-state index contributed by atoms with van der Waals surface area (Å²) in [6, 6.07) is 0. The van der Waals surface area contributed by atoms with Crippen molar-refractivity contribution in [2.45, 2.75) is 19.6 Å². The average molecular weight is 336 g/mol. The predicted molar refractivity (Wildman–Crippen MR) is 63.2 cm³/mol. The summed E-state index contributed by atoms with van der Waals surface area (Å²) >= 11 is 5.47. The molecular formula is C8H9ClF3N3O4S. The minimum absolute atomic E-state index is 0.208. The Hall–Kier alpha value is -1.36. The third-order valence-electron chi connectivity index (χ3n) is 2.37. The lowest BCUT2D eigenvalue weighted by atomic mass is 10.4. The fourth-order valence-electron chi connectivity index (χ4n) is 1.30. The van der Waals surface area contributed by atoms with Gasteiger partial charge in [-0.2, -0.15) is 18.3 Å². The van der Waals surface area contributed by atoms with Gasteiger partial charge in [0.15, 0.2) is 9.84 Å². The van der Waals surface area contributed by atoms with E-state index in [0.717, 1.165) is 0 Å². The van der Waals surface area contributed by atoms with E-state index in [9.17, 15) is 31.7 Å². The minimum atomic E-state index is -5.05. The number of halogens is 4. The number of alkyl halides is 3. The fourth-order valence-corrected chi connectivity index (χ4v) is 2.32. The van der Waals surface area contributed by atoms with E-state index in [2.05, 4.69) is 5.10 Å². The molecular weight excluding hydrogens is 327 g/mol. The summed E-state index contributed by atoms with van der Waals surface area (Å²) in [7, 11) is -3.46. The van der Waals surface area contributed by atoms with E-state index in [1.807, 2.05) is 0 Å². The number of hydrogen-bond donors (Lipinski definition) is 0. The Kier molecular flexibility index (Phi) is 4.64. The Bertz CT molecular complexity index is 626. The molecule has 7 nitrogen and oxygen atoms in total. The lowest BCUT2D eigenvalue weighted by molar-refractivity contribution is -0.388. The van der Waals surface area contributed by atoms with Gasteiger partial charge in [0, 0.05) is 5.75 Å². The van der Waals surface area contributed by atoms with E-state index in [1.54, 1.807) is 0 Å². The zero-order valence-corrected chi connectivity index (χ0v) is 11.6. The van der Waals surface area contributed by atoms with E-state index in [-0.39, 0.29) is 5.75 Å². The Morgan fingerprint density at radius 2 is 2.00 bits per heavy atom. The van der Waals surface area contributed by atoms with Gasteiger partial charge in [0.05, 0.1) is 17.2 Å². The van der Waals surface area contributed by atoms with E-state index in [0.29, 0.717) is 4.68 Å². The van der Waals surface area contributed by atoms with Crippen LogP contribution in [0.2, 0.25) is 5.15 Å². The first-order valence-electron chi connectivity index (χ1n) is 5.18. The zero-order valence-electron chi connectivity index (χ0n) is 10.0. The molecule has 0 radical (unpaired) electrons. The standard InChI is InChI=1S/C8H9ClF3N3O4S/c1-2-20(18,19)4-3-14-7(9)5(15(16)17)6(13-14)8(10,11)12/h2-4H2,1H3. The number of nitrogens with zero attached hydrogens (tertiary/aromatic N) is 3. The molecule has 20 heavy (non-hydrogen) atoms. The summed E-state index contributed by atoms with van der Waals surface area (Å²) in [6.07, 6.45) is -5.05. The quantitative estimate of drug-likeness (QED) is 0.605. The van der Waals surface area contributed by atoms with Crippen LogP contribution in [0.3, 0.4) is 0 Å². The van der Waals surface area contributed by atoms with Crippen molar-refractivity contribution in [1.29, 1.82) is 0 Å². The molecule has 0 atom stereocenters. The fraction of sp³-hybridized carbons (Fsp3) is 0.625. The second-order valence-electron chi connectivity index (χ2n) is 3.70. The first-order valence-corrected chi connectivity index (χ1v) is 7.38. The van der Waals surface area contributed by atoms with Crippen LogP contribution in [-0.2, 0) is 22.6 Å². The van der Waals surface area contributed by atoms with Gasteiger partial charge in [-0.3, -0.25) is 10.1 Å². The van der Waals surface area contributed by atoms with Crippen LogP contribution in [0.4, 0.5) is 18.9 Å². The van der Waals surface area contributed by atoms with Crippen molar-refractivity contribution < 1.29 is 26.5 Å². The van der Waals surface area contributed by atoms with Crippen LogP contribution < -0.4 is 0 Å². The van der Waals surface area contributed by atoms with Crippen molar-refractivity contribution in [3.05, 3.63) is 21.0 Å². The van der Waals surface area contributed by atoms with E-state index in [1.165, 1.54) is 6.92 Å². The molecule has 0 fully saturated rings. The summed E-state index contributed by atoms with van der Waals surface area (Å²) in [5.41, 5.74) is -3.13. The van der Waals surface area contributed by atoms with Crippen LogP contribution in [0.25, 0.3) is 0 Å². The van der Waals surface area contributed by atoms with Crippen molar-refractivity contribution >= 4 is 27.1 Å². The second kappa shape index (κ2) is 5.56. The van der Waals surface area contributed by atoms with Crippen LogP contribution >= 0.6 is 11.6 Å². The third-order valence-corrected chi connectivity index (χ3v) is 4.43. The largest absolute Gasteiger partial charge is 0.442 e. The number of hydrogen-bond acceptors (Lipinski definition) is 5. The molecule has 0 saturated carbocycles. The first-order chi connectivity index (χ1) is 8.99. The molecule has 1 rings (SSSR count). The lowest BCUT2D eigenvalue weighted by Crippen LogP contribution is -2.16. The van der Waals surface area contributed by atoms with Gasteiger partial charge in [-0.15, -0.1) is 0 Å². The second-order valence-corrected chi connectivity index (χ2v) is 6.53.